The van der Waals surface area contributed by atoms with E-state index in [0.29, 0.717) is 6.42 Å². The molecule has 5 heteroatoms. The van der Waals surface area contributed by atoms with Crippen LogP contribution in [0.1, 0.15) is 19.3 Å². The first-order chi connectivity index (χ1) is 7.79. The molecule has 0 amide bonds. The molecule has 2 saturated heterocycles. The van der Waals surface area contributed by atoms with E-state index in [2.05, 4.69) is 15.0 Å². The largest absolute Gasteiger partial charge is 0.469 e. The predicted molar refractivity (Wildman–Crippen MR) is 69.4 cm³/mol. The molecule has 0 spiro atoms. The van der Waals surface area contributed by atoms with Gasteiger partial charge in [-0.1, -0.05) is 0 Å². The molecule has 2 aliphatic rings. The topological polar surface area (TPSA) is 41.6 Å². The molecule has 100 valence electrons. The van der Waals surface area contributed by atoms with Crippen molar-refractivity contribution in [2.45, 2.75) is 19.3 Å². The van der Waals surface area contributed by atoms with Crippen molar-refractivity contribution < 1.29 is 9.53 Å². The molecule has 1 unspecified atom stereocenters. The van der Waals surface area contributed by atoms with E-state index in [-0.39, 0.29) is 18.4 Å². The van der Waals surface area contributed by atoms with Crippen LogP contribution in [-0.4, -0.2) is 50.7 Å². The monoisotopic (exact) mass is 262 g/mol. The van der Waals surface area contributed by atoms with Gasteiger partial charge in [0.05, 0.1) is 13.5 Å². The van der Waals surface area contributed by atoms with Gasteiger partial charge in [0, 0.05) is 13.1 Å². The number of methoxy groups -OCH3 is 1. The summed E-state index contributed by atoms with van der Waals surface area (Å²) in [5, 5.41) is 3.34. The summed E-state index contributed by atoms with van der Waals surface area (Å²) >= 11 is 0. The highest BCUT2D eigenvalue weighted by molar-refractivity contribution is 5.85. The third-order valence-corrected chi connectivity index (χ3v) is 3.88. The van der Waals surface area contributed by atoms with Crippen LogP contribution in [0.5, 0.6) is 0 Å². The summed E-state index contributed by atoms with van der Waals surface area (Å²) < 4.78 is 4.67. The normalized spacial score (nSPS) is 25.8. The zero-order valence-electron chi connectivity index (χ0n) is 10.5. The third kappa shape index (κ3) is 4.12. The van der Waals surface area contributed by atoms with Gasteiger partial charge in [-0.3, -0.25) is 4.79 Å². The fourth-order valence-corrected chi connectivity index (χ4v) is 2.67. The number of halogens is 1. The Morgan fingerprint density at radius 2 is 2.18 bits per heavy atom. The van der Waals surface area contributed by atoms with Crippen LogP contribution in [-0.2, 0) is 9.53 Å². The number of nitrogens with one attached hydrogen (secondary N) is 1. The van der Waals surface area contributed by atoms with Crippen LogP contribution in [0.4, 0.5) is 0 Å². The standard InChI is InChI=1S/C12H22N2O2.ClH/c1-16-12(15)4-6-14-5-2-3-10(9-14)11-7-13-8-11;/h10-11,13H,2-9H2,1H3;1H. The van der Waals surface area contributed by atoms with Crippen molar-refractivity contribution in [1.82, 2.24) is 10.2 Å². The summed E-state index contributed by atoms with van der Waals surface area (Å²) in [6, 6.07) is 0. The lowest BCUT2D eigenvalue weighted by atomic mass is 9.82. The Hall–Kier alpha value is -0.320. The molecule has 0 aromatic carbocycles. The lowest BCUT2D eigenvalue weighted by Gasteiger charge is -2.41. The Kier molecular flexibility index (Phi) is 6.23. The maximum Gasteiger partial charge on any atom is 0.306 e. The van der Waals surface area contributed by atoms with E-state index < -0.39 is 0 Å². The van der Waals surface area contributed by atoms with Crippen LogP contribution in [0.2, 0.25) is 0 Å². The third-order valence-electron chi connectivity index (χ3n) is 3.88. The average molecular weight is 263 g/mol. The minimum absolute atomic E-state index is 0. The summed E-state index contributed by atoms with van der Waals surface area (Å²) in [6.45, 7) is 5.56. The molecule has 17 heavy (non-hydrogen) atoms. The zero-order valence-corrected chi connectivity index (χ0v) is 11.3. The van der Waals surface area contributed by atoms with Crippen molar-refractivity contribution in [3.05, 3.63) is 0 Å². The molecule has 0 bridgehead atoms. The van der Waals surface area contributed by atoms with Gasteiger partial charge >= 0.3 is 5.97 Å². The van der Waals surface area contributed by atoms with E-state index in [1.807, 2.05) is 0 Å². The summed E-state index contributed by atoms with van der Waals surface area (Å²) in [7, 11) is 1.46. The minimum atomic E-state index is -0.0903. The lowest BCUT2D eigenvalue weighted by Crippen LogP contribution is -2.51. The molecular weight excluding hydrogens is 240 g/mol. The highest BCUT2D eigenvalue weighted by atomic mass is 35.5. The van der Waals surface area contributed by atoms with E-state index >= 15 is 0 Å². The van der Waals surface area contributed by atoms with E-state index in [0.717, 1.165) is 24.9 Å². The average Bonchev–Trinajstić information content (AvgIpc) is 2.24. The van der Waals surface area contributed by atoms with E-state index in [4.69, 9.17) is 0 Å². The molecule has 0 aromatic rings. The fraction of sp³-hybridized carbons (Fsp3) is 0.917. The van der Waals surface area contributed by atoms with Crippen LogP contribution in [0.3, 0.4) is 0 Å². The van der Waals surface area contributed by atoms with Crippen molar-refractivity contribution >= 4 is 18.4 Å². The molecular formula is C12H23ClN2O2. The summed E-state index contributed by atoms with van der Waals surface area (Å²) in [4.78, 5) is 13.5. The van der Waals surface area contributed by atoms with Gasteiger partial charge in [-0.25, -0.2) is 0 Å². The Labute approximate surface area is 109 Å². The Morgan fingerprint density at radius 1 is 1.41 bits per heavy atom. The molecule has 1 N–H and O–H groups in total. The highest BCUT2D eigenvalue weighted by Crippen LogP contribution is 2.26. The van der Waals surface area contributed by atoms with Crippen molar-refractivity contribution in [2.75, 3.05) is 39.8 Å². The van der Waals surface area contributed by atoms with E-state index in [1.54, 1.807) is 0 Å². The predicted octanol–water partition coefficient (Wildman–Crippen LogP) is 0.903. The number of hydrogen-bond donors (Lipinski definition) is 1. The van der Waals surface area contributed by atoms with Crippen molar-refractivity contribution in [3.8, 4) is 0 Å². The number of hydrogen-bond acceptors (Lipinski definition) is 4. The van der Waals surface area contributed by atoms with Crippen LogP contribution < -0.4 is 5.32 Å². The van der Waals surface area contributed by atoms with Gasteiger partial charge in [0.2, 0.25) is 0 Å². The van der Waals surface area contributed by atoms with E-state index in [1.165, 1.54) is 39.6 Å². The number of carbonyl (C=O) groups excluding carboxylic acids is 1. The maximum absolute atomic E-state index is 11.1. The summed E-state index contributed by atoms with van der Waals surface area (Å²) in [6.07, 6.45) is 3.18. The Bertz CT molecular complexity index is 247. The molecule has 0 aromatic heterocycles. The number of nitrogens with zero attached hydrogens (tertiary/aromatic N) is 1. The van der Waals surface area contributed by atoms with Crippen LogP contribution in [0, 0.1) is 11.8 Å². The van der Waals surface area contributed by atoms with Crippen LogP contribution in [0.15, 0.2) is 0 Å². The summed E-state index contributed by atoms with van der Waals surface area (Å²) in [5.74, 6) is 1.63. The Morgan fingerprint density at radius 3 is 2.76 bits per heavy atom. The molecule has 0 aliphatic carbocycles. The highest BCUT2D eigenvalue weighted by Gasteiger charge is 2.30. The maximum atomic E-state index is 11.1. The first-order valence-electron chi connectivity index (χ1n) is 6.29. The number of piperidine rings is 1. The van der Waals surface area contributed by atoms with Gasteiger partial charge < -0.3 is 15.0 Å². The van der Waals surface area contributed by atoms with Crippen molar-refractivity contribution in [3.63, 3.8) is 0 Å². The van der Waals surface area contributed by atoms with Gasteiger partial charge in [-0.2, -0.15) is 0 Å². The molecule has 1 atom stereocenters. The van der Waals surface area contributed by atoms with Gasteiger partial charge in [0.1, 0.15) is 0 Å². The lowest BCUT2D eigenvalue weighted by molar-refractivity contribution is -0.141. The first kappa shape index (κ1) is 14.7. The first-order valence-corrected chi connectivity index (χ1v) is 6.29. The zero-order chi connectivity index (χ0) is 11.4. The van der Waals surface area contributed by atoms with Gasteiger partial charge in [-0.05, 0) is 44.3 Å². The van der Waals surface area contributed by atoms with Gasteiger partial charge in [0.25, 0.3) is 0 Å². The molecule has 4 nitrogen and oxygen atoms in total. The van der Waals surface area contributed by atoms with Crippen LogP contribution in [0.25, 0.3) is 0 Å². The molecule has 2 rings (SSSR count). The van der Waals surface area contributed by atoms with E-state index in [9.17, 15) is 4.79 Å². The second-order valence-electron chi connectivity index (χ2n) is 4.95. The van der Waals surface area contributed by atoms with Gasteiger partial charge in [-0.15, -0.1) is 12.4 Å². The number of likely N-dealkylation sites (tertiary alicyclic amines) is 1. The molecule has 0 saturated carbocycles. The number of ether oxygens (including phenoxy) is 1. The van der Waals surface area contributed by atoms with Crippen molar-refractivity contribution in [1.29, 1.82) is 0 Å². The summed E-state index contributed by atoms with van der Waals surface area (Å²) in [5.41, 5.74) is 0. The smallest absolute Gasteiger partial charge is 0.306 e. The molecule has 2 fully saturated rings. The molecule has 2 aliphatic heterocycles. The number of carbonyl (C=O) groups is 1. The quantitative estimate of drug-likeness (QED) is 0.765. The SMILES string of the molecule is COC(=O)CCN1CCCC(C2CNC2)C1.Cl. The van der Waals surface area contributed by atoms with Crippen molar-refractivity contribution in [2.24, 2.45) is 11.8 Å². The second-order valence-corrected chi connectivity index (χ2v) is 4.95. The minimum Gasteiger partial charge on any atom is -0.469 e. The Balaban J connectivity index is 0.00000144. The molecule has 0 radical (unpaired) electrons. The fourth-order valence-electron chi connectivity index (χ4n) is 2.67. The van der Waals surface area contributed by atoms with Crippen LogP contribution >= 0.6 is 12.4 Å². The number of esters is 1. The molecule has 2 heterocycles. The number of rotatable bonds is 4. The second kappa shape index (κ2) is 7.19. The van der Waals surface area contributed by atoms with Gasteiger partial charge in [0.15, 0.2) is 0 Å².